The van der Waals surface area contributed by atoms with Crippen LogP contribution in [0.5, 0.6) is 0 Å². The van der Waals surface area contributed by atoms with Crippen molar-refractivity contribution in [2.45, 2.75) is 12.5 Å². The van der Waals surface area contributed by atoms with Gasteiger partial charge in [0, 0.05) is 75.2 Å². The predicted octanol–water partition coefficient (Wildman–Crippen LogP) is 13.8. The lowest BCUT2D eigenvalue weighted by Gasteiger charge is -2.21. The van der Waals surface area contributed by atoms with Gasteiger partial charge in [0.1, 0.15) is 11.3 Å². The van der Waals surface area contributed by atoms with Crippen LogP contribution in [-0.2, 0) is 0 Å². The number of furan rings is 1. The van der Waals surface area contributed by atoms with Gasteiger partial charge < -0.3 is 8.98 Å². The van der Waals surface area contributed by atoms with Gasteiger partial charge in [-0.25, -0.2) is 15.0 Å². The summed E-state index contributed by atoms with van der Waals surface area (Å²) in [5.41, 5.74) is 9.56. The number of para-hydroxylation sites is 3. The lowest BCUT2D eigenvalue weighted by molar-refractivity contribution is 0.461. The average Bonchev–Trinajstić information content (AvgIpc) is 3.97. The van der Waals surface area contributed by atoms with Crippen molar-refractivity contribution in [2.24, 2.45) is 0 Å². The van der Waals surface area contributed by atoms with Gasteiger partial charge in [0.15, 0.2) is 17.5 Å². The number of hydrogen-bond donors (Lipinski definition) is 0. The molecule has 11 aromatic rings. The second-order valence-electron chi connectivity index (χ2n) is 14.6. The molecule has 0 bridgehead atoms. The van der Waals surface area contributed by atoms with Crippen LogP contribution in [-0.4, -0.2) is 19.5 Å². The van der Waals surface area contributed by atoms with E-state index in [9.17, 15) is 0 Å². The van der Waals surface area contributed by atoms with E-state index in [0.717, 1.165) is 61.9 Å². The highest BCUT2D eigenvalue weighted by atomic mass is 32.1. The lowest BCUT2D eigenvalue weighted by atomic mass is 9.94. The molecule has 5 nitrogen and oxygen atoms in total. The van der Waals surface area contributed by atoms with Crippen LogP contribution in [0.3, 0.4) is 0 Å². The third-order valence-electron chi connectivity index (χ3n) is 11.4. The van der Waals surface area contributed by atoms with Gasteiger partial charge in [-0.15, -0.1) is 11.3 Å². The zero-order valence-corrected chi connectivity index (χ0v) is 31.4. The predicted molar refractivity (Wildman–Crippen MR) is 235 cm³/mol. The molecule has 1 aliphatic carbocycles. The van der Waals surface area contributed by atoms with Crippen molar-refractivity contribution in [3.8, 4) is 45.3 Å². The number of rotatable bonds is 5. The molecule has 1 unspecified atom stereocenters. The van der Waals surface area contributed by atoms with Crippen molar-refractivity contribution >= 4 is 70.4 Å². The van der Waals surface area contributed by atoms with Crippen LogP contribution in [0.2, 0.25) is 0 Å². The van der Waals surface area contributed by atoms with Crippen molar-refractivity contribution < 1.29 is 4.42 Å². The van der Waals surface area contributed by atoms with E-state index in [4.69, 9.17) is 19.4 Å². The maximum atomic E-state index is 7.19. The van der Waals surface area contributed by atoms with E-state index in [-0.39, 0.29) is 6.04 Å². The van der Waals surface area contributed by atoms with E-state index < -0.39 is 0 Å². The third-order valence-corrected chi connectivity index (χ3v) is 12.5. The first kappa shape index (κ1) is 32.1. The smallest absolute Gasteiger partial charge is 0.164 e. The Labute approximate surface area is 331 Å². The molecule has 0 aliphatic heterocycles. The number of allylic oxidation sites excluding steroid dienone is 1. The van der Waals surface area contributed by atoms with E-state index in [1.807, 2.05) is 36.4 Å². The highest BCUT2D eigenvalue weighted by Crippen LogP contribution is 2.48. The van der Waals surface area contributed by atoms with Crippen LogP contribution in [0.15, 0.2) is 174 Å². The quantitative estimate of drug-likeness (QED) is 0.176. The summed E-state index contributed by atoms with van der Waals surface area (Å²) in [4.78, 5) is 15.3. The van der Waals surface area contributed by atoms with Crippen molar-refractivity contribution in [2.75, 3.05) is 0 Å². The first-order valence-electron chi connectivity index (χ1n) is 19.3. The third kappa shape index (κ3) is 4.97. The second kappa shape index (κ2) is 12.7. The van der Waals surface area contributed by atoms with Gasteiger partial charge in [-0.3, -0.25) is 0 Å². The number of hydrogen-bond acceptors (Lipinski definition) is 5. The maximum Gasteiger partial charge on any atom is 0.164 e. The minimum atomic E-state index is 0.0147. The van der Waals surface area contributed by atoms with Gasteiger partial charge in [-0.1, -0.05) is 152 Å². The maximum absolute atomic E-state index is 7.19. The highest BCUT2D eigenvalue weighted by Gasteiger charge is 2.29. The zero-order valence-electron chi connectivity index (χ0n) is 30.6. The summed E-state index contributed by atoms with van der Waals surface area (Å²) >= 11 is 1.80. The number of benzene rings is 7. The molecule has 0 amide bonds. The minimum absolute atomic E-state index is 0.0147. The van der Waals surface area contributed by atoms with Crippen LogP contribution < -0.4 is 0 Å². The largest absolute Gasteiger partial charge is 0.458 e. The van der Waals surface area contributed by atoms with Gasteiger partial charge in [0.25, 0.3) is 0 Å². The molecule has 0 saturated heterocycles. The fourth-order valence-electron chi connectivity index (χ4n) is 8.93. The SMILES string of the molecule is C1=Cc2c(oc3c(-c4cccc5sc6cccc(-c7nc(-c8ccccc8)nc(-c8ccccc8)n7)c6c45)cccc23)C(n2c3ccccc3c3ccccc32)C1. The Morgan fingerprint density at radius 1 is 0.491 bits per heavy atom. The first-order valence-corrected chi connectivity index (χ1v) is 20.1. The Bertz CT molecular complexity index is 3280. The molecule has 4 heterocycles. The van der Waals surface area contributed by atoms with Crippen molar-refractivity contribution in [3.05, 3.63) is 181 Å². The van der Waals surface area contributed by atoms with E-state index in [0.29, 0.717) is 17.5 Å². The molecule has 1 aliphatic rings. The standard InChI is InChI=1S/C51H32N4OS/c1-3-15-31(16-4-1)49-52-50(32-17-5-2-6-18-32)54-51(53-49)39-25-14-30-44-46(39)45-35(21-13-29-43(45)57-44)36-22-11-23-37-38-24-12-28-42(48(38)56-47(36)37)55-40-26-9-7-19-33(40)34-20-8-10-27-41(34)55/h1-27,29-30,42H,28H2. The Morgan fingerprint density at radius 3 is 1.68 bits per heavy atom. The van der Waals surface area contributed by atoms with E-state index in [2.05, 4.69) is 144 Å². The Kier molecular flexibility index (Phi) is 7.16. The molecule has 7 aromatic carbocycles. The zero-order chi connectivity index (χ0) is 37.5. The molecule has 0 fully saturated rings. The first-order chi connectivity index (χ1) is 28.3. The molecule has 6 heteroatoms. The summed E-state index contributed by atoms with van der Waals surface area (Å²) < 4.78 is 12.1. The van der Waals surface area contributed by atoms with Crippen molar-refractivity contribution in [3.63, 3.8) is 0 Å². The summed E-state index contributed by atoms with van der Waals surface area (Å²) in [7, 11) is 0. The van der Waals surface area contributed by atoms with Crippen LogP contribution in [0.25, 0.3) is 104 Å². The summed E-state index contributed by atoms with van der Waals surface area (Å²) in [6.45, 7) is 0. The molecule has 4 aromatic heterocycles. The molecule has 12 rings (SSSR count). The molecule has 1 atom stereocenters. The summed E-state index contributed by atoms with van der Waals surface area (Å²) in [6.07, 6.45) is 5.41. The van der Waals surface area contributed by atoms with E-state index in [1.54, 1.807) is 11.3 Å². The highest BCUT2D eigenvalue weighted by molar-refractivity contribution is 7.26. The van der Waals surface area contributed by atoms with Gasteiger partial charge in [0.2, 0.25) is 0 Å². The van der Waals surface area contributed by atoms with Crippen LogP contribution in [0, 0.1) is 0 Å². The molecule has 268 valence electrons. The van der Waals surface area contributed by atoms with Gasteiger partial charge in [-0.2, -0.15) is 0 Å². The van der Waals surface area contributed by atoms with Crippen LogP contribution >= 0.6 is 11.3 Å². The van der Waals surface area contributed by atoms with Gasteiger partial charge >= 0.3 is 0 Å². The van der Waals surface area contributed by atoms with Gasteiger partial charge in [-0.05, 0) is 36.2 Å². The minimum Gasteiger partial charge on any atom is -0.458 e. The van der Waals surface area contributed by atoms with Crippen molar-refractivity contribution in [1.29, 1.82) is 0 Å². The number of fused-ring (bicyclic) bond motifs is 9. The summed E-state index contributed by atoms with van der Waals surface area (Å²) in [5.74, 6) is 2.94. The lowest BCUT2D eigenvalue weighted by Crippen LogP contribution is -2.12. The Morgan fingerprint density at radius 2 is 1.02 bits per heavy atom. The molecule has 0 radical (unpaired) electrons. The van der Waals surface area contributed by atoms with Crippen molar-refractivity contribution in [1.82, 2.24) is 19.5 Å². The molecular weight excluding hydrogens is 717 g/mol. The second-order valence-corrected chi connectivity index (χ2v) is 15.7. The molecule has 0 saturated carbocycles. The number of aromatic nitrogens is 4. The average molecular weight is 749 g/mol. The fraction of sp³-hybridized carbons (Fsp3) is 0.0392. The molecule has 0 spiro atoms. The Hall–Kier alpha value is -7.15. The molecular formula is C51H32N4OS. The Balaban J connectivity index is 1.08. The molecule has 57 heavy (non-hydrogen) atoms. The monoisotopic (exact) mass is 748 g/mol. The summed E-state index contributed by atoms with van der Waals surface area (Å²) in [6, 6.07) is 57.5. The van der Waals surface area contributed by atoms with E-state index in [1.165, 1.54) is 36.6 Å². The number of nitrogens with zero attached hydrogens (tertiary/aromatic N) is 4. The van der Waals surface area contributed by atoms with Crippen LogP contribution in [0.1, 0.15) is 23.8 Å². The molecule has 0 N–H and O–H groups in total. The fourth-order valence-corrected chi connectivity index (χ4v) is 10.1. The van der Waals surface area contributed by atoms with Crippen LogP contribution in [0.4, 0.5) is 0 Å². The topological polar surface area (TPSA) is 56.7 Å². The van der Waals surface area contributed by atoms with E-state index >= 15 is 0 Å². The van der Waals surface area contributed by atoms with Gasteiger partial charge in [0.05, 0.1) is 6.04 Å². The summed E-state index contributed by atoms with van der Waals surface area (Å²) in [5, 5.41) is 5.95. The number of thiophene rings is 1. The normalized spacial score (nSPS) is 14.0.